The van der Waals surface area contributed by atoms with Crippen molar-refractivity contribution in [1.29, 1.82) is 0 Å². The maximum absolute atomic E-state index is 12.3. The van der Waals surface area contributed by atoms with Gasteiger partial charge in [0, 0.05) is 6.54 Å². The van der Waals surface area contributed by atoms with Crippen LogP contribution in [0.2, 0.25) is 0 Å². The summed E-state index contributed by atoms with van der Waals surface area (Å²) in [6.45, 7) is 6.35. The van der Waals surface area contributed by atoms with E-state index in [0.717, 1.165) is 28.5 Å². The van der Waals surface area contributed by atoms with Gasteiger partial charge >= 0.3 is 12.1 Å². The van der Waals surface area contributed by atoms with Crippen LogP contribution < -0.4 is 5.32 Å². The standard InChI is InChI=1S/C19H22N4O5S/c1-19(2,3)28-18(27)23-9-12-6-4-5-11(13(12)10-23)8-20-22-17-21-16(26)14(29-17)7-15(24)25/h4-6,8,14H,7,9-10H2,1-3H3,(H,24,25)(H,21,22,26). The number of rotatable bonds is 4. The second-order valence-electron chi connectivity index (χ2n) is 7.66. The van der Waals surface area contributed by atoms with Gasteiger partial charge in [0.25, 0.3) is 0 Å². The summed E-state index contributed by atoms with van der Waals surface area (Å²) in [5.74, 6) is -1.43. The van der Waals surface area contributed by atoms with Gasteiger partial charge in [0.1, 0.15) is 10.9 Å². The number of nitrogens with zero attached hydrogens (tertiary/aromatic N) is 3. The van der Waals surface area contributed by atoms with E-state index in [9.17, 15) is 14.4 Å². The molecular formula is C19H22N4O5S. The van der Waals surface area contributed by atoms with Crippen LogP contribution in [0.5, 0.6) is 0 Å². The van der Waals surface area contributed by atoms with E-state index in [2.05, 4.69) is 15.5 Å². The molecule has 0 saturated carbocycles. The summed E-state index contributed by atoms with van der Waals surface area (Å²) in [4.78, 5) is 36.5. The number of amides is 2. The van der Waals surface area contributed by atoms with Crippen LogP contribution in [0.1, 0.15) is 43.9 Å². The monoisotopic (exact) mass is 418 g/mol. The first kappa shape index (κ1) is 20.8. The van der Waals surface area contributed by atoms with Crippen molar-refractivity contribution in [2.75, 3.05) is 0 Å². The van der Waals surface area contributed by atoms with Crippen molar-refractivity contribution in [1.82, 2.24) is 10.2 Å². The third-order valence-electron chi connectivity index (χ3n) is 4.15. The van der Waals surface area contributed by atoms with Crippen LogP contribution in [0.3, 0.4) is 0 Å². The molecule has 0 aliphatic carbocycles. The van der Waals surface area contributed by atoms with Gasteiger partial charge in [-0.3, -0.25) is 14.5 Å². The normalized spacial score (nSPS) is 20.2. The number of carboxylic acids is 1. The highest BCUT2D eigenvalue weighted by atomic mass is 32.2. The molecule has 1 atom stereocenters. The minimum absolute atomic E-state index is 0.264. The van der Waals surface area contributed by atoms with Gasteiger partial charge in [0.15, 0.2) is 5.17 Å². The molecule has 9 nitrogen and oxygen atoms in total. The third kappa shape index (κ3) is 5.35. The Morgan fingerprint density at radius 1 is 1.38 bits per heavy atom. The zero-order valence-corrected chi connectivity index (χ0v) is 17.2. The topological polar surface area (TPSA) is 121 Å². The van der Waals surface area contributed by atoms with Crippen LogP contribution in [0.15, 0.2) is 28.4 Å². The first-order chi connectivity index (χ1) is 13.6. The van der Waals surface area contributed by atoms with Gasteiger partial charge in [-0.2, -0.15) is 5.10 Å². The van der Waals surface area contributed by atoms with Gasteiger partial charge in [-0.15, -0.1) is 5.10 Å². The molecule has 1 saturated heterocycles. The maximum atomic E-state index is 12.3. The molecule has 2 heterocycles. The number of amidine groups is 1. The highest BCUT2D eigenvalue weighted by Crippen LogP contribution is 2.27. The van der Waals surface area contributed by atoms with Crippen molar-refractivity contribution < 1.29 is 24.2 Å². The second-order valence-corrected chi connectivity index (χ2v) is 8.86. The van der Waals surface area contributed by atoms with Crippen molar-refractivity contribution in [2.45, 2.75) is 51.1 Å². The first-order valence-corrected chi connectivity index (χ1v) is 9.89. The SMILES string of the molecule is CC(C)(C)OC(=O)N1Cc2cccc(C=NN=C3NC(=O)C(CC(=O)O)S3)c2C1. The van der Waals surface area contributed by atoms with Gasteiger partial charge in [-0.25, -0.2) is 4.79 Å². The average Bonchev–Trinajstić information content (AvgIpc) is 3.17. The lowest BCUT2D eigenvalue weighted by molar-refractivity contribution is -0.138. The molecule has 10 heteroatoms. The summed E-state index contributed by atoms with van der Waals surface area (Å²) in [6, 6.07) is 5.70. The lowest BCUT2D eigenvalue weighted by Gasteiger charge is -2.24. The lowest BCUT2D eigenvalue weighted by Crippen LogP contribution is -2.33. The number of carbonyl (C=O) groups is 3. The summed E-state index contributed by atoms with van der Waals surface area (Å²) in [7, 11) is 0. The van der Waals surface area contributed by atoms with E-state index >= 15 is 0 Å². The third-order valence-corrected chi connectivity index (χ3v) is 5.23. The average molecular weight is 418 g/mol. The van der Waals surface area contributed by atoms with Gasteiger partial charge < -0.3 is 15.2 Å². The largest absolute Gasteiger partial charge is 0.481 e. The van der Waals surface area contributed by atoms with E-state index < -0.39 is 16.8 Å². The van der Waals surface area contributed by atoms with Crippen LogP contribution in [0, 0.1) is 0 Å². The van der Waals surface area contributed by atoms with Crippen molar-refractivity contribution in [3.05, 3.63) is 34.9 Å². The molecule has 2 aliphatic heterocycles. The van der Waals surface area contributed by atoms with E-state index in [4.69, 9.17) is 9.84 Å². The van der Waals surface area contributed by atoms with Crippen molar-refractivity contribution in [3.8, 4) is 0 Å². The Hall–Kier alpha value is -2.88. The zero-order valence-electron chi connectivity index (χ0n) is 16.3. The Bertz CT molecular complexity index is 906. The predicted molar refractivity (Wildman–Crippen MR) is 109 cm³/mol. The molecular weight excluding hydrogens is 396 g/mol. The summed E-state index contributed by atoms with van der Waals surface area (Å²) in [5.41, 5.74) is 2.23. The van der Waals surface area contributed by atoms with Crippen LogP contribution in [-0.4, -0.2) is 50.2 Å². The highest BCUT2D eigenvalue weighted by Gasteiger charge is 2.32. The summed E-state index contributed by atoms with van der Waals surface area (Å²) in [5, 5.41) is 18.9. The Kier molecular flexibility index (Phi) is 5.92. The van der Waals surface area contributed by atoms with Crippen LogP contribution >= 0.6 is 11.8 Å². The fraction of sp³-hybridized carbons (Fsp3) is 0.421. The second kappa shape index (κ2) is 8.24. The van der Waals surface area contributed by atoms with Gasteiger partial charge in [-0.05, 0) is 37.5 Å². The number of ether oxygens (including phenoxy) is 1. The minimum atomic E-state index is -1.04. The predicted octanol–water partition coefficient (Wildman–Crippen LogP) is 2.33. The number of carbonyl (C=O) groups excluding carboxylic acids is 2. The molecule has 3 rings (SSSR count). The van der Waals surface area contributed by atoms with Gasteiger partial charge in [0.05, 0.1) is 19.2 Å². The Balaban J connectivity index is 1.68. The van der Waals surface area contributed by atoms with Gasteiger partial charge in [-0.1, -0.05) is 30.0 Å². The van der Waals surface area contributed by atoms with Crippen molar-refractivity contribution in [3.63, 3.8) is 0 Å². The molecule has 1 aromatic rings. The van der Waals surface area contributed by atoms with Crippen LogP contribution in [-0.2, 0) is 27.4 Å². The molecule has 29 heavy (non-hydrogen) atoms. The molecule has 2 amide bonds. The fourth-order valence-corrected chi connectivity index (χ4v) is 3.83. The molecule has 2 aliphatic rings. The maximum Gasteiger partial charge on any atom is 0.410 e. The lowest BCUT2D eigenvalue weighted by atomic mass is 10.0. The van der Waals surface area contributed by atoms with Crippen molar-refractivity contribution in [2.24, 2.45) is 10.2 Å². The van der Waals surface area contributed by atoms with E-state index in [1.165, 1.54) is 0 Å². The number of hydrogen-bond acceptors (Lipinski definition) is 7. The molecule has 0 aromatic heterocycles. The molecule has 0 bridgehead atoms. The van der Waals surface area contributed by atoms with E-state index in [0.29, 0.717) is 13.1 Å². The molecule has 1 unspecified atom stereocenters. The molecule has 1 fully saturated rings. The van der Waals surface area contributed by atoms with Crippen LogP contribution in [0.4, 0.5) is 4.79 Å². The van der Waals surface area contributed by atoms with Crippen molar-refractivity contribution >= 4 is 41.1 Å². The van der Waals surface area contributed by atoms with E-state index in [1.807, 2.05) is 39.0 Å². The highest BCUT2D eigenvalue weighted by molar-refractivity contribution is 8.15. The quantitative estimate of drug-likeness (QED) is 0.572. The number of hydrogen-bond donors (Lipinski definition) is 2. The first-order valence-electron chi connectivity index (χ1n) is 9.01. The summed E-state index contributed by atoms with van der Waals surface area (Å²) < 4.78 is 5.44. The molecule has 2 N–H and O–H groups in total. The summed E-state index contributed by atoms with van der Waals surface area (Å²) in [6.07, 6.45) is 0.916. The van der Waals surface area contributed by atoms with Gasteiger partial charge in [0.2, 0.25) is 5.91 Å². The number of thioether (sulfide) groups is 1. The van der Waals surface area contributed by atoms with Crippen LogP contribution in [0.25, 0.3) is 0 Å². The smallest absolute Gasteiger partial charge is 0.410 e. The number of aliphatic carboxylic acids is 1. The zero-order chi connectivity index (χ0) is 21.2. The minimum Gasteiger partial charge on any atom is -0.481 e. The number of carboxylic acid groups (broad SMARTS) is 1. The summed E-state index contributed by atoms with van der Waals surface area (Å²) >= 11 is 1.04. The molecule has 1 aromatic carbocycles. The Morgan fingerprint density at radius 2 is 2.14 bits per heavy atom. The number of nitrogens with one attached hydrogen (secondary N) is 1. The number of fused-ring (bicyclic) bond motifs is 1. The number of benzene rings is 1. The fourth-order valence-electron chi connectivity index (χ4n) is 2.91. The molecule has 154 valence electrons. The Labute approximate surface area is 172 Å². The van der Waals surface area contributed by atoms with E-state index in [1.54, 1.807) is 11.1 Å². The van der Waals surface area contributed by atoms with E-state index in [-0.39, 0.29) is 23.6 Å². The Morgan fingerprint density at radius 3 is 2.83 bits per heavy atom. The molecule has 0 spiro atoms. The molecule has 0 radical (unpaired) electrons.